The molecule has 69 heavy (non-hydrogen) atoms. The van der Waals surface area contributed by atoms with Gasteiger partial charge in [0.15, 0.2) is 0 Å². The zero-order valence-corrected chi connectivity index (χ0v) is 39.6. The molecule has 12 nitrogen and oxygen atoms in total. The van der Waals surface area contributed by atoms with Crippen LogP contribution in [0.3, 0.4) is 0 Å². The summed E-state index contributed by atoms with van der Waals surface area (Å²) in [6.45, 7) is 8.93. The molecule has 0 aliphatic rings. The highest BCUT2D eigenvalue weighted by atomic mass is 16.5. The lowest BCUT2D eigenvalue weighted by atomic mass is 9.65. The van der Waals surface area contributed by atoms with Crippen LogP contribution in [0.5, 0.6) is 40.2 Å². The third kappa shape index (κ3) is 12.1. The molecule has 7 rings (SSSR count). The molecule has 0 heterocycles. The molecule has 0 unspecified atom stereocenters. The second-order valence-electron chi connectivity index (χ2n) is 15.9. The van der Waals surface area contributed by atoms with Gasteiger partial charge in [0.05, 0.1) is 19.6 Å². The fourth-order valence-electron chi connectivity index (χ4n) is 8.13. The van der Waals surface area contributed by atoms with E-state index >= 15 is 0 Å². The van der Waals surface area contributed by atoms with Gasteiger partial charge in [0.2, 0.25) is 0 Å². The average molecular weight is 929 g/mol. The van der Waals surface area contributed by atoms with Gasteiger partial charge in [-0.05, 0) is 131 Å². The fraction of sp³-hybridized carbons (Fsp3) is 0.175. The van der Waals surface area contributed by atoms with Crippen LogP contribution in [0.15, 0.2) is 170 Å². The number of esters is 5. The van der Waals surface area contributed by atoms with E-state index in [0.29, 0.717) is 34.5 Å². The van der Waals surface area contributed by atoms with E-state index in [1.807, 2.05) is 109 Å². The van der Waals surface area contributed by atoms with Crippen LogP contribution in [0.25, 0.3) is 0 Å². The summed E-state index contributed by atoms with van der Waals surface area (Å²) < 4.78 is 36.9. The van der Waals surface area contributed by atoms with Gasteiger partial charge in [-0.1, -0.05) is 84.9 Å². The maximum absolute atomic E-state index is 11.5. The van der Waals surface area contributed by atoms with E-state index in [-0.39, 0.29) is 11.9 Å². The summed E-state index contributed by atoms with van der Waals surface area (Å²) in [6, 6.07) is 52.5. The van der Waals surface area contributed by atoms with Crippen molar-refractivity contribution in [3.8, 4) is 40.2 Å². The van der Waals surface area contributed by atoms with Gasteiger partial charge in [-0.2, -0.15) is 0 Å². The van der Waals surface area contributed by atoms with Gasteiger partial charge in [0.1, 0.15) is 40.2 Å². The first-order valence-corrected chi connectivity index (χ1v) is 21.8. The molecule has 0 aliphatic heterocycles. The van der Waals surface area contributed by atoms with E-state index in [2.05, 4.69) is 6.92 Å². The Labute approximate surface area is 401 Å². The number of hydrogen-bond acceptors (Lipinski definition) is 12. The van der Waals surface area contributed by atoms with Crippen molar-refractivity contribution in [3.05, 3.63) is 209 Å². The Morgan fingerprint density at radius 2 is 0.435 bits per heavy atom. The topological polar surface area (TPSA) is 150 Å². The Balaban J connectivity index is 0.000000235. The highest BCUT2D eigenvalue weighted by Gasteiger charge is 2.39. The van der Waals surface area contributed by atoms with E-state index in [1.54, 1.807) is 74.9 Å². The van der Waals surface area contributed by atoms with Gasteiger partial charge in [-0.3, -0.25) is 24.0 Å². The van der Waals surface area contributed by atoms with Gasteiger partial charge in [-0.25, -0.2) is 0 Å². The first-order valence-electron chi connectivity index (χ1n) is 21.8. The molecule has 0 fully saturated rings. The largest absolute Gasteiger partial charge is 0.497 e. The maximum atomic E-state index is 11.5. The predicted octanol–water partition coefficient (Wildman–Crippen LogP) is 10.8. The average Bonchev–Trinajstić information content (AvgIpc) is 3.33. The van der Waals surface area contributed by atoms with Crippen molar-refractivity contribution in [3.63, 3.8) is 0 Å². The quantitative estimate of drug-likeness (QED) is 0.0580. The molecule has 7 aromatic carbocycles. The Bertz CT molecular complexity index is 2660. The van der Waals surface area contributed by atoms with E-state index in [4.69, 9.17) is 33.2 Å². The Kier molecular flexibility index (Phi) is 16.1. The van der Waals surface area contributed by atoms with E-state index < -0.39 is 28.7 Å². The minimum atomic E-state index is -0.871. The highest BCUT2D eigenvalue weighted by Crippen LogP contribution is 2.47. The molecule has 0 saturated carbocycles. The summed E-state index contributed by atoms with van der Waals surface area (Å²) in [7, 11) is 3.24. The summed E-state index contributed by atoms with van der Waals surface area (Å²) >= 11 is 0. The molecule has 7 aromatic rings. The number of rotatable bonds is 14. The van der Waals surface area contributed by atoms with Crippen LogP contribution in [-0.2, 0) is 34.8 Å². The monoisotopic (exact) mass is 928 g/mol. The van der Waals surface area contributed by atoms with Crippen molar-refractivity contribution in [1.82, 2.24) is 0 Å². The van der Waals surface area contributed by atoms with Gasteiger partial charge in [-0.15, -0.1) is 0 Å². The van der Waals surface area contributed by atoms with Crippen LogP contribution in [0, 0.1) is 0 Å². The van der Waals surface area contributed by atoms with Crippen LogP contribution in [0.2, 0.25) is 0 Å². The molecule has 0 saturated heterocycles. The molecule has 0 amide bonds. The van der Waals surface area contributed by atoms with Crippen LogP contribution in [-0.4, -0.2) is 44.1 Å². The van der Waals surface area contributed by atoms with Crippen molar-refractivity contribution >= 4 is 29.8 Å². The van der Waals surface area contributed by atoms with Crippen molar-refractivity contribution in [1.29, 1.82) is 0 Å². The SMILES string of the molecule is COc1ccc(C(C)(c2ccc(OC(C)=O)cc2)c2ccc(OC(C)=O)cc2)cc1.COc1ccc(C(c2ccc(OC(C)=O)cc2)(c2ccc(OC(C)=O)cc2)c2ccc(OC(C)=O)cc2)cc1. The molecule has 0 aliphatic carbocycles. The number of ether oxygens (including phenoxy) is 7. The Morgan fingerprint density at radius 3 is 0.594 bits per heavy atom. The van der Waals surface area contributed by atoms with E-state index in [1.165, 1.54) is 34.6 Å². The van der Waals surface area contributed by atoms with Crippen LogP contribution in [0.1, 0.15) is 80.5 Å². The molecule has 0 bridgehead atoms. The molecule has 0 N–H and O–H groups in total. The van der Waals surface area contributed by atoms with Crippen molar-refractivity contribution in [2.75, 3.05) is 14.2 Å². The summed E-state index contributed by atoms with van der Waals surface area (Å²) in [4.78, 5) is 57.1. The van der Waals surface area contributed by atoms with Crippen LogP contribution in [0.4, 0.5) is 0 Å². The Morgan fingerprint density at radius 1 is 0.275 bits per heavy atom. The van der Waals surface area contributed by atoms with Gasteiger partial charge in [0, 0.05) is 40.0 Å². The zero-order valence-electron chi connectivity index (χ0n) is 39.6. The zero-order chi connectivity index (χ0) is 49.7. The summed E-state index contributed by atoms with van der Waals surface area (Å²) in [6.07, 6.45) is 0. The molecule has 12 heteroatoms. The molecule has 0 atom stereocenters. The number of benzene rings is 7. The third-order valence-electron chi connectivity index (χ3n) is 11.2. The number of hydrogen-bond donors (Lipinski definition) is 0. The lowest BCUT2D eigenvalue weighted by Crippen LogP contribution is -2.31. The van der Waals surface area contributed by atoms with E-state index in [9.17, 15) is 24.0 Å². The third-order valence-corrected chi connectivity index (χ3v) is 11.2. The summed E-state index contributed by atoms with van der Waals surface area (Å²) in [5.74, 6) is 1.78. The molecule has 0 aromatic heterocycles. The smallest absolute Gasteiger partial charge is 0.308 e. The van der Waals surface area contributed by atoms with Crippen LogP contribution < -0.4 is 33.2 Å². The molecular formula is C57H52O12. The lowest BCUT2D eigenvalue weighted by molar-refractivity contribution is -0.132. The lowest BCUT2D eigenvalue weighted by Gasteiger charge is -2.37. The molecule has 352 valence electrons. The molecular weight excluding hydrogens is 877 g/mol. The van der Waals surface area contributed by atoms with Gasteiger partial charge < -0.3 is 33.2 Å². The molecule has 0 radical (unpaired) electrons. The van der Waals surface area contributed by atoms with Gasteiger partial charge >= 0.3 is 29.8 Å². The predicted molar refractivity (Wildman–Crippen MR) is 259 cm³/mol. The fourth-order valence-corrected chi connectivity index (χ4v) is 8.13. The van der Waals surface area contributed by atoms with Crippen molar-refractivity contribution in [2.45, 2.75) is 52.4 Å². The number of methoxy groups -OCH3 is 2. The van der Waals surface area contributed by atoms with E-state index in [0.717, 1.165) is 44.7 Å². The minimum absolute atomic E-state index is 0.360. The molecule has 0 spiro atoms. The minimum Gasteiger partial charge on any atom is -0.497 e. The highest BCUT2D eigenvalue weighted by molar-refractivity contribution is 5.72. The first-order chi connectivity index (χ1) is 33.0. The van der Waals surface area contributed by atoms with Crippen LogP contribution >= 0.6 is 0 Å². The second-order valence-corrected chi connectivity index (χ2v) is 15.9. The van der Waals surface area contributed by atoms with Crippen molar-refractivity contribution in [2.24, 2.45) is 0 Å². The first kappa shape index (κ1) is 49.9. The summed E-state index contributed by atoms with van der Waals surface area (Å²) in [5.41, 5.74) is 5.28. The number of carbonyl (C=O) groups excluding carboxylic acids is 5. The number of carbonyl (C=O) groups is 5. The Hall–Kier alpha value is -8.51. The normalized spacial score (nSPS) is 10.9. The van der Waals surface area contributed by atoms with Crippen molar-refractivity contribution < 1.29 is 57.1 Å². The standard InChI is InChI=1S/C32H28O7.C25H24O5/c1-21(33)37-29-15-7-25(8-16-29)32(24-5-13-28(36-4)14-6-24,26-9-17-30(18-10-26)38-22(2)34)27-11-19-31(20-12-27)39-23(3)35;1-17(26)29-23-13-7-20(8-14-23)25(3,19-5-11-22(28-4)12-6-19)21-9-15-24(16-10-21)30-18(2)27/h5-20H,1-4H3;5-16H,1-4H3. The summed E-state index contributed by atoms with van der Waals surface area (Å²) in [5, 5.41) is 0. The second kappa shape index (κ2) is 22.3. The maximum Gasteiger partial charge on any atom is 0.308 e. The van der Waals surface area contributed by atoms with Gasteiger partial charge in [0.25, 0.3) is 0 Å².